The molecule has 0 aliphatic rings. The number of hydrogen-bond acceptors (Lipinski definition) is 9. The number of aryl methyl sites for hydroxylation is 2. The lowest BCUT2D eigenvalue weighted by Gasteiger charge is -2.18. The quantitative estimate of drug-likeness (QED) is 0.330. The average molecular weight is 487 g/mol. The standard InChI is InChI=1S/C23H30N6O4S/c1-23(2,3)33-22(31)18-14-34-21(27-18)15-7-8-25-16(12-15)6-5-10-32-11-9-26-20(30)19-17(24)13-29(4)28-19/h7-8,12-14H,5-6,9-11,24H2,1-4H3,(H,26,30). The largest absolute Gasteiger partial charge is 0.455 e. The second-order valence-corrected chi connectivity index (χ2v) is 9.51. The molecule has 1 amide bonds. The van der Waals surface area contributed by atoms with E-state index in [1.54, 1.807) is 24.8 Å². The van der Waals surface area contributed by atoms with E-state index in [1.165, 1.54) is 16.0 Å². The summed E-state index contributed by atoms with van der Waals surface area (Å²) < 4.78 is 12.5. The third kappa shape index (κ3) is 7.35. The number of carbonyl (C=O) groups excluding carboxylic acids is 2. The maximum atomic E-state index is 12.2. The molecule has 0 aliphatic carbocycles. The van der Waals surface area contributed by atoms with Gasteiger partial charge >= 0.3 is 5.97 Å². The molecule has 0 atom stereocenters. The van der Waals surface area contributed by atoms with Crippen LogP contribution in [0.2, 0.25) is 0 Å². The minimum absolute atomic E-state index is 0.215. The molecular weight excluding hydrogens is 456 g/mol. The number of nitrogens with one attached hydrogen (secondary N) is 1. The first kappa shape index (κ1) is 25.3. The fourth-order valence-electron chi connectivity index (χ4n) is 3.04. The van der Waals surface area contributed by atoms with Crippen LogP contribution in [-0.4, -0.2) is 57.0 Å². The van der Waals surface area contributed by atoms with Crippen molar-refractivity contribution in [3.8, 4) is 10.6 Å². The van der Waals surface area contributed by atoms with Gasteiger partial charge in [0.2, 0.25) is 0 Å². The molecule has 0 fully saturated rings. The molecule has 3 heterocycles. The summed E-state index contributed by atoms with van der Waals surface area (Å²) in [5, 5.41) is 9.22. The number of nitrogen functional groups attached to an aromatic ring is 1. The summed E-state index contributed by atoms with van der Waals surface area (Å²) in [6.45, 7) is 6.77. The first-order valence-corrected chi connectivity index (χ1v) is 11.8. The van der Waals surface area contributed by atoms with Gasteiger partial charge in [-0.05, 0) is 45.7 Å². The summed E-state index contributed by atoms with van der Waals surface area (Å²) in [6, 6.07) is 3.84. The number of aromatic nitrogens is 4. The van der Waals surface area contributed by atoms with Crippen LogP contribution in [0.1, 0.15) is 53.9 Å². The van der Waals surface area contributed by atoms with Crippen molar-refractivity contribution < 1.29 is 19.1 Å². The van der Waals surface area contributed by atoms with Crippen molar-refractivity contribution in [1.29, 1.82) is 0 Å². The lowest BCUT2D eigenvalue weighted by molar-refractivity contribution is 0.00637. The van der Waals surface area contributed by atoms with Crippen LogP contribution < -0.4 is 11.1 Å². The van der Waals surface area contributed by atoms with E-state index in [0.29, 0.717) is 31.1 Å². The van der Waals surface area contributed by atoms with Crippen molar-refractivity contribution in [2.45, 2.75) is 39.2 Å². The van der Waals surface area contributed by atoms with Gasteiger partial charge in [-0.2, -0.15) is 5.10 Å². The van der Waals surface area contributed by atoms with Gasteiger partial charge in [-0.3, -0.25) is 14.5 Å². The number of nitrogens with two attached hydrogens (primary N) is 1. The Labute approximate surface area is 202 Å². The van der Waals surface area contributed by atoms with E-state index >= 15 is 0 Å². The van der Waals surface area contributed by atoms with Gasteiger partial charge in [0.05, 0.1) is 12.3 Å². The highest BCUT2D eigenvalue weighted by atomic mass is 32.1. The third-order valence-corrected chi connectivity index (χ3v) is 5.39. The Morgan fingerprint density at radius 1 is 1.26 bits per heavy atom. The van der Waals surface area contributed by atoms with Crippen LogP contribution >= 0.6 is 11.3 Å². The van der Waals surface area contributed by atoms with Crippen molar-refractivity contribution in [3.63, 3.8) is 0 Å². The van der Waals surface area contributed by atoms with Gasteiger partial charge < -0.3 is 20.5 Å². The number of thiazole rings is 1. The second kappa shape index (κ2) is 11.2. The zero-order valence-corrected chi connectivity index (χ0v) is 20.6. The molecule has 182 valence electrons. The van der Waals surface area contributed by atoms with Gasteiger partial charge in [-0.25, -0.2) is 9.78 Å². The lowest BCUT2D eigenvalue weighted by atomic mass is 10.1. The highest BCUT2D eigenvalue weighted by molar-refractivity contribution is 7.13. The normalized spacial score (nSPS) is 11.4. The average Bonchev–Trinajstić information content (AvgIpc) is 3.38. The van der Waals surface area contributed by atoms with Gasteiger partial charge in [0.25, 0.3) is 5.91 Å². The SMILES string of the molecule is Cn1cc(N)c(C(=O)NCCOCCCc2cc(-c3nc(C(=O)OC(C)(C)C)cs3)ccn2)n1. The van der Waals surface area contributed by atoms with Crippen molar-refractivity contribution in [2.24, 2.45) is 7.05 Å². The zero-order valence-electron chi connectivity index (χ0n) is 19.8. The number of carbonyl (C=O) groups is 2. The molecule has 3 aromatic heterocycles. The monoisotopic (exact) mass is 486 g/mol. The summed E-state index contributed by atoms with van der Waals surface area (Å²) >= 11 is 1.39. The van der Waals surface area contributed by atoms with E-state index in [0.717, 1.165) is 29.1 Å². The third-order valence-electron chi connectivity index (χ3n) is 4.50. The molecule has 10 nitrogen and oxygen atoms in total. The molecule has 11 heteroatoms. The van der Waals surface area contributed by atoms with Crippen molar-refractivity contribution >= 4 is 28.9 Å². The van der Waals surface area contributed by atoms with Gasteiger partial charge in [0.1, 0.15) is 10.6 Å². The predicted molar refractivity (Wildman–Crippen MR) is 130 cm³/mol. The van der Waals surface area contributed by atoms with E-state index in [9.17, 15) is 9.59 Å². The smallest absolute Gasteiger partial charge is 0.358 e. The van der Waals surface area contributed by atoms with Crippen LogP contribution in [0.25, 0.3) is 10.6 Å². The summed E-state index contributed by atoms with van der Waals surface area (Å²) in [5.41, 5.74) is 7.86. The maximum Gasteiger partial charge on any atom is 0.358 e. The highest BCUT2D eigenvalue weighted by Crippen LogP contribution is 2.25. The number of anilines is 1. The summed E-state index contributed by atoms with van der Waals surface area (Å²) in [5.74, 6) is -0.749. The molecule has 0 bridgehead atoms. The number of nitrogens with zero attached hydrogens (tertiary/aromatic N) is 4. The molecule has 3 rings (SSSR count). The van der Waals surface area contributed by atoms with Gasteiger partial charge in [0, 0.05) is 49.2 Å². The Kier molecular flexibility index (Phi) is 8.35. The van der Waals surface area contributed by atoms with E-state index in [2.05, 4.69) is 20.4 Å². The predicted octanol–water partition coefficient (Wildman–Crippen LogP) is 2.86. The van der Waals surface area contributed by atoms with Crippen LogP contribution in [0.4, 0.5) is 5.69 Å². The van der Waals surface area contributed by atoms with E-state index < -0.39 is 11.6 Å². The molecular formula is C23H30N6O4S. The Hall–Kier alpha value is -3.31. The van der Waals surface area contributed by atoms with Gasteiger partial charge in [-0.1, -0.05) is 0 Å². The first-order valence-electron chi connectivity index (χ1n) is 10.9. The highest BCUT2D eigenvalue weighted by Gasteiger charge is 2.20. The van der Waals surface area contributed by atoms with Crippen LogP contribution in [0.5, 0.6) is 0 Å². The molecule has 0 unspecified atom stereocenters. The summed E-state index contributed by atoms with van der Waals surface area (Å²) in [4.78, 5) is 33.1. The zero-order chi connectivity index (χ0) is 24.7. The number of amides is 1. The number of hydrogen-bond donors (Lipinski definition) is 2. The lowest BCUT2D eigenvalue weighted by Crippen LogP contribution is -2.28. The van der Waals surface area contributed by atoms with E-state index in [4.69, 9.17) is 15.2 Å². The maximum absolute atomic E-state index is 12.2. The van der Waals surface area contributed by atoms with Crippen molar-refractivity contribution in [3.05, 3.63) is 47.0 Å². The Morgan fingerprint density at radius 3 is 2.76 bits per heavy atom. The summed E-state index contributed by atoms with van der Waals surface area (Å²) in [6.07, 6.45) is 4.83. The molecule has 0 aliphatic heterocycles. The molecule has 0 radical (unpaired) electrons. The molecule has 0 saturated carbocycles. The Morgan fingerprint density at radius 2 is 2.06 bits per heavy atom. The first-order chi connectivity index (χ1) is 16.1. The number of esters is 1. The van der Waals surface area contributed by atoms with E-state index in [1.807, 2.05) is 32.9 Å². The van der Waals surface area contributed by atoms with Crippen LogP contribution in [-0.2, 0) is 22.9 Å². The Balaban J connectivity index is 1.40. The minimum atomic E-state index is -0.564. The fourth-order valence-corrected chi connectivity index (χ4v) is 3.83. The summed E-state index contributed by atoms with van der Waals surface area (Å²) in [7, 11) is 1.71. The van der Waals surface area contributed by atoms with Crippen LogP contribution in [0.3, 0.4) is 0 Å². The Bertz CT molecular complexity index is 1130. The van der Waals surface area contributed by atoms with Gasteiger partial charge in [0.15, 0.2) is 11.4 Å². The molecule has 3 aromatic rings. The van der Waals surface area contributed by atoms with Crippen molar-refractivity contribution in [2.75, 3.05) is 25.5 Å². The topological polar surface area (TPSA) is 134 Å². The van der Waals surface area contributed by atoms with Gasteiger partial charge in [-0.15, -0.1) is 11.3 Å². The van der Waals surface area contributed by atoms with Crippen LogP contribution in [0.15, 0.2) is 29.9 Å². The number of rotatable bonds is 10. The minimum Gasteiger partial charge on any atom is -0.455 e. The fraction of sp³-hybridized carbons (Fsp3) is 0.435. The molecule has 3 N–H and O–H groups in total. The van der Waals surface area contributed by atoms with Crippen LogP contribution in [0, 0.1) is 0 Å². The molecule has 0 spiro atoms. The molecule has 0 aromatic carbocycles. The molecule has 34 heavy (non-hydrogen) atoms. The van der Waals surface area contributed by atoms with E-state index in [-0.39, 0.29) is 11.6 Å². The molecule has 0 saturated heterocycles. The number of pyridine rings is 1. The second-order valence-electron chi connectivity index (χ2n) is 8.65. The number of ether oxygens (including phenoxy) is 2. The van der Waals surface area contributed by atoms with Crippen molar-refractivity contribution in [1.82, 2.24) is 25.1 Å².